The van der Waals surface area contributed by atoms with Gasteiger partial charge < -0.3 is 19.6 Å². The van der Waals surface area contributed by atoms with Crippen molar-refractivity contribution in [1.82, 2.24) is 4.90 Å². The second-order valence-corrected chi connectivity index (χ2v) is 7.63. The lowest BCUT2D eigenvalue weighted by Crippen LogP contribution is -2.50. The first kappa shape index (κ1) is 23.2. The number of nitro benzene ring substituents is 1. The number of halogens is 1. The minimum Gasteiger partial charge on any atom is -0.478 e. The van der Waals surface area contributed by atoms with Gasteiger partial charge in [-0.1, -0.05) is 23.7 Å². The Balaban J connectivity index is 2.01. The van der Waals surface area contributed by atoms with Crippen LogP contribution in [0.1, 0.15) is 22.3 Å². The second kappa shape index (κ2) is 10.3. The number of carboxylic acids is 1. The molecule has 1 aliphatic rings. The molecule has 0 aliphatic carbocycles. The van der Waals surface area contributed by atoms with Crippen molar-refractivity contribution in [2.75, 3.05) is 25.2 Å². The highest BCUT2D eigenvalue weighted by Gasteiger charge is 2.35. The van der Waals surface area contributed by atoms with Crippen LogP contribution in [0.2, 0.25) is 5.02 Å². The van der Waals surface area contributed by atoms with E-state index in [-0.39, 0.29) is 23.6 Å². The third kappa shape index (κ3) is 5.24. The fourth-order valence-corrected chi connectivity index (χ4v) is 3.63. The molecule has 0 fully saturated rings. The predicted molar refractivity (Wildman–Crippen MR) is 119 cm³/mol. The first-order valence-corrected chi connectivity index (χ1v) is 10.2. The average Bonchev–Trinajstić information content (AvgIpc) is 2.77. The third-order valence-electron chi connectivity index (χ3n) is 5.10. The van der Waals surface area contributed by atoms with Crippen LogP contribution in [0, 0.1) is 10.1 Å². The first-order chi connectivity index (χ1) is 15.3. The number of benzene rings is 2. The maximum atomic E-state index is 13.3. The molecule has 0 aromatic heterocycles. The molecule has 2 aromatic rings. The van der Waals surface area contributed by atoms with Gasteiger partial charge in [-0.05, 0) is 36.2 Å². The molecule has 10 heteroatoms. The molecule has 168 valence electrons. The number of hydrogen-bond acceptors (Lipinski definition) is 6. The molecule has 1 amide bonds. The fourth-order valence-electron chi connectivity index (χ4n) is 3.50. The number of amides is 1. The molecule has 0 spiro atoms. The minimum absolute atomic E-state index is 0.139. The fraction of sp³-hybridized carbons (Fsp3) is 0.273. The topological polar surface area (TPSA) is 113 Å². The summed E-state index contributed by atoms with van der Waals surface area (Å²) in [6, 6.07) is 9.89. The first-order valence-electron chi connectivity index (χ1n) is 9.84. The number of rotatable bonds is 9. The van der Waals surface area contributed by atoms with E-state index in [1.165, 1.54) is 17.0 Å². The van der Waals surface area contributed by atoms with E-state index in [4.69, 9.17) is 16.3 Å². The zero-order valence-corrected chi connectivity index (χ0v) is 18.1. The van der Waals surface area contributed by atoms with Crippen molar-refractivity contribution >= 4 is 34.9 Å². The highest BCUT2D eigenvalue weighted by Crippen LogP contribution is 2.34. The molecule has 3 rings (SSSR count). The molecular formula is C22H22ClN3O6. The number of nitrogens with zero attached hydrogens (tertiary/aromatic N) is 3. The van der Waals surface area contributed by atoms with Crippen molar-refractivity contribution in [3.05, 3.63) is 81.1 Å². The van der Waals surface area contributed by atoms with Crippen LogP contribution in [0.15, 0.2) is 54.9 Å². The predicted octanol–water partition coefficient (Wildman–Crippen LogP) is 3.71. The normalized spacial score (nSPS) is 15.8. The zero-order chi connectivity index (χ0) is 23.3. The number of carboxylic acid groups (broad SMARTS) is 1. The molecule has 9 nitrogen and oxygen atoms in total. The van der Waals surface area contributed by atoms with Crippen LogP contribution in [0.3, 0.4) is 0 Å². The van der Waals surface area contributed by atoms with E-state index in [0.717, 1.165) is 11.6 Å². The van der Waals surface area contributed by atoms with Crippen LogP contribution in [0.4, 0.5) is 11.4 Å². The van der Waals surface area contributed by atoms with Gasteiger partial charge in [-0.25, -0.2) is 4.79 Å². The van der Waals surface area contributed by atoms with Crippen LogP contribution in [-0.4, -0.2) is 53.1 Å². The number of carbonyl (C=O) groups excluding carboxylic acids is 1. The van der Waals surface area contributed by atoms with Gasteiger partial charge in [0.25, 0.3) is 5.69 Å². The van der Waals surface area contributed by atoms with Crippen LogP contribution in [0.25, 0.3) is 0 Å². The highest BCUT2D eigenvalue weighted by atomic mass is 35.5. The van der Waals surface area contributed by atoms with E-state index in [2.05, 4.69) is 0 Å². The zero-order valence-electron chi connectivity index (χ0n) is 17.3. The van der Waals surface area contributed by atoms with Crippen molar-refractivity contribution in [1.29, 1.82) is 0 Å². The van der Waals surface area contributed by atoms with Crippen molar-refractivity contribution in [3.8, 4) is 0 Å². The molecule has 2 aromatic carbocycles. The quantitative estimate of drug-likeness (QED) is 0.345. The Labute approximate surface area is 189 Å². The Morgan fingerprint density at radius 2 is 1.94 bits per heavy atom. The number of hydrogen-bond donors (Lipinski definition) is 1. The molecule has 1 heterocycles. The van der Waals surface area contributed by atoms with Crippen molar-refractivity contribution in [2.24, 2.45) is 0 Å². The number of carbonyl (C=O) groups is 2. The Kier molecular flexibility index (Phi) is 7.45. The van der Waals surface area contributed by atoms with Gasteiger partial charge in [-0.2, -0.15) is 0 Å². The molecule has 1 N–H and O–H groups in total. The van der Waals surface area contributed by atoms with Crippen LogP contribution in [0.5, 0.6) is 0 Å². The van der Waals surface area contributed by atoms with Crippen molar-refractivity contribution in [3.63, 3.8) is 0 Å². The van der Waals surface area contributed by atoms with Gasteiger partial charge in [0.2, 0.25) is 5.91 Å². The van der Waals surface area contributed by atoms with E-state index >= 15 is 0 Å². The monoisotopic (exact) mass is 459 g/mol. The number of anilines is 1. The van der Waals surface area contributed by atoms with Gasteiger partial charge >= 0.3 is 5.97 Å². The second-order valence-electron chi connectivity index (χ2n) is 7.20. The molecule has 1 atom stereocenters. The Hall–Kier alpha value is -3.43. The number of nitro groups is 1. The van der Waals surface area contributed by atoms with Crippen LogP contribution < -0.4 is 4.90 Å². The maximum absolute atomic E-state index is 13.3. The summed E-state index contributed by atoms with van der Waals surface area (Å²) in [5, 5.41) is 21.5. The summed E-state index contributed by atoms with van der Waals surface area (Å²) in [6.45, 7) is 0.930. The van der Waals surface area contributed by atoms with E-state index < -0.39 is 22.6 Å². The molecule has 0 radical (unpaired) electrons. The summed E-state index contributed by atoms with van der Waals surface area (Å²) in [4.78, 5) is 38.8. The smallest absolute Gasteiger partial charge is 0.335 e. The van der Waals surface area contributed by atoms with Crippen molar-refractivity contribution in [2.45, 2.75) is 18.9 Å². The Bertz CT molecular complexity index is 1040. The minimum atomic E-state index is -1.27. The number of aromatic carboxylic acids is 1. The lowest BCUT2D eigenvalue weighted by atomic mass is 10.0. The third-order valence-corrected chi connectivity index (χ3v) is 5.35. The van der Waals surface area contributed by atoms with Crippen LogP contribution >= 0.6 is 11.6 Å². The lowest BCUT2D eigenvalue weighted by molar-refractivity contribution is -0.384. The number of ether oxygens (including phenoxy) is 1. The molecule has 32 heavy (non-hydrogen) atoms. The van der Waals surface area contributed by atoms with Gasteiger partial charge in [0.15, 0.2) is 0 Å². The van der Waals surface area contributed by atoms with Gasteiger partial charge in [-0.3, -0.25) is 14.9 Å². The number of methoxy groups -OCH3 is 1. The van der Waals surface area contributed by atoms with E-state index in [0.29, 0.717) is 24.6 Å². The summed E-state index contributed by atoms with van der Waals surface area (Å²) < 4.78 is 5.06. The largest absolute Gasteiger partial charge is 0.478 e. The molecule has 0 saturated heterocycles. The standard InChI is InChI=1S/C22H22ClN3O6/c1-32-12-2-9-24-10-11-25(18-8-5-16(22(28)29)14-19(18)26(30)31)20(21(24)27)13-15-3-6-17(23)7-4-15/h3-8,10-11,14,20H,2,9,12-13H2,1H3,(H,28,29)/t20-/m0/s1. The lowest BCUT2D eigenvalue weighted by Gasteiger charge is -2.37. The highest BCUT2D eigenvalue weighted by molar-refractivity contribution is 6.30. The summed E-state index contributed by atoms with van der Waals surface area (Å²) in [5.41, 5.74) is 0.370. The van der Waals surface area contributed by atoms with E-state index in [1.54, 1.807) is 48.7 Å². The maximum Gasteiger partial charge on any atom is 0.335 e. The SMILES string of the molecule is COCCCN1C=CN(c2ccc(C(=O)O)cc2[N+](=O)[O-])[C@@H](Cc2ccc(Cl)cc2)C1=O. The Morgan fingerprint density at radius 3 is 2.56 bits per heavy atom. The Morgan fingerprint density at radius 1 is 1.22 bits per heavy atom. The van der Waals surface area contributed by atoms with Gasteiger partial charge in [0, 0.05) is 50.2 Å². The van der Waals surface area contributed by atoms with Gasteiger partial charge in [0.1, 0.15) is 11.7 Å². The summed E-state index contributed by atoms with van der Waals surface area (Å²) in [5.74, 6) is -1.50. The van der Waals surface area contributed by atoms with E-state index in [1.807, 2.05) is 0 Å². The van der Waals surface area contributed by atoms with Crippen molar-refractivity contribution < 1.29 is 24.4 Å². The van der Waals surface area contributed by atoms with Crippen LogP contribution in [-0.2, 0) is 16.0 Å². The van der Waals surface area contributed by atoms with E-state index in [9.17, 15) is 24.8 Å². The average molecular weight is 460 g/mol. The van der Waals surface area contributed by atoms with Gasteiger partial charge in [-0.15, -0.1) is 0 Å². The molecule has 1 aliphatic heterocycles. The van der Waals surface area contributed by atoms with Gasteiger partial charge in [0.05, 0.1) is 10.5 Å². The molecule has 0 saturated carbocycles. The summed E-state index contributed by atoms with van der Waals surface area (Å²) in [6.07, 6.45) is 4.09. The summed E-state index contributed by atoms with van der Waals surface area (Å²) >= 11 is 5.97. The molecular weight excluding hydrogens is 438 g/mol. The molecule has 0 bridgehead atoms. The summed E-state index contributed by atoms with van der Waals surface area (Å²) in [7, 11) is 1.58. The molecule has 0 unspecified atom stereocenters.